The first-order valence-corrected chi connectivity index (χ1v) is 7.95. The molecule has 118 valence electrons. The summed E-state index contributed by atoms with van der Waals surface area (Å²) in [6.45, 7) is 2.53. The van der Waals surface area contributed by atoms with Crippen molar-refractivity contribution in [1.82, 2.24) is 4.90 Å². The fraction of sp³-hybridized carbons (Fsp3) is 0.263. The predicted molar refractivity (Wildman–Crippen MR) is 90.1 cm³/mol. The van der Waals surface area contributed by atoms with Crippen molar-refractivity contribution in [2.45, 2.75) is 32.4 Å². The molecular weight excluding hydrogens is 288 g/mol. The number of carbonyl (C=O) groups excluding carboxylic acids is 2. The fourth-order valence-electron chi connectivity index (χ4n) is 2.98. The second kappa shape index (κ2) is 6.65. The Hall–Kier alpha value is -2.62. The van der Waals surface area contributed by atoms with Gasteiger partial charge in [0, 0.05) is 17.8 Å². The molecule has 2 amide bonds. The summed E-state index contributed by atoms with van der Waals surface area (Å²) < 4.78 is 0. The number of para-hydroxylation sites is 1. The zero-order chi connectivity index (χ0) is 16.2. The lowest BCUT2D eigenvalue weighted by atomic mass is 10.1. The molecule has 2 aromatic carbocycles. The largest absolute Gasteiger partial charge is 0.324 e. The standard InChI is InChI=1S/C19H20N2O2/c1-2-8-17(18(22)20-15-10-4-3-5-11-15)21-13-14-9-6-7-12-16(14)19(21)23/h3-7,9-12,17H,2,8,13H2,1H3,(H,20,22)/t17-/m0/s1. The van der Waals surface area contributed by atoms with Crippen LogP contribution in [0.25, 0.3) is 0 Å². The number of nitrogens with one attached hydrogen (secondary N) is 1. The molecule has 1 N–H and O–H groups in total. The van der Waals surface area contributed by atoms with Gasteiger partial charge in [0.25, 0.3) is 5.91 Å². The van der Waals surface area contributed by atoms with Gasteiger partial charge in [0.1, 0.15) is 6.04 Å². The molecule has 0 aromatic heterocycles. The highest BCUT2D eigenvalue weighted by atomic mass is 16.2. The second-order valence-electron chi connectivity index (χ2n) is 5.75. The highest BCUT2D eigenvalue weighted by Gasteiger charge is 2.35. The third-order valence-corrected chi connectivity index (χ3v) is 4.13. The Morgan fingerprint density at radius 1 is 1.13 bits per heavy atom. The van der Waals surface area contributed by atoms with E-state index >= 15 is 0 Å². The average molecular weight is 308 g/mol. The van der Waals surface area contributed by atoms with Crippen LogP contribution in [0.5, 0.6) is 0 Å². The molecule has 0 saturated carbocycles. The Bertz CT molecular complexity index is 712. The minimum atomic E-state index is -0.444. The molecule has 1 atom stereocenters. The molecule has 0 spiro atoms. The number of fused-ring (bicyclic) bond motifs is 1. The molecule has 0 saturated heterocycles. The third kappa shape index (κ3) is 3.11. The Labute approximate surface area is 136 Å². The minimum absolute atomic E-state index is 0.0535. The topological polar surface area (TPSA) is 49.4 Å². The van der Waals surface area contributed by atoms with Gasteiger partial charge in [-0.25, -0.2) is 0 Å². The van der Waals surface area contributed by atoms with Crippen LogP contribution in [0.1, 0.15) is 35.7 Å². The van der Waals surface area contributed by atoms with Gasteiger partial charge in [0.2, 0.25) is 5.91 Å². The van der Waals surface area contributed by atoms with E-state index in [1.807, 2.05) is 61.5 Å². The van der Waals surface area contributed by atoms with Crippen molar-refractivity contribution in [3.05, 3.63) is 65.7 Å². The SMILES string of the molecule is CCC[C@@H](C(=O)Nc1ccccc1)N1Cc2ccccc2C1=O. The highest BCUT2D eigenvalue weighted by Crippen LogP contribution is 2.26. The number of hydrogen-bond acceptors (Lipinski definition) is 2. The smallest absolute Gasteiger partial charge is 0.255 e. The van der Waals surface area contributed by atoms with Crippen LogP contribution in [0.15, 0.2) is 54.6 Å². The lowest BCUT2D eigenvalue weighted by Crippen LogP contribution is -2.44. The molecule has 0 bridgehead atoms. The normalized spacial score (nSPS) is 14.5. The van der Waals surface area contributed by atoms with Gasteiger partial charge in [-0.15, -0.1) is 0 Å². The molecule has 0 fully saturated rings. The van der Waals surface area contributed by atoms with E-state index in [1.165, 1.54) is 0 Å². The molecule has 2 aromatic rings. The van der Waals surface area contributed by atoms with E-state index < -0.39 is 6.04 Å². The first-order valence-electron chi connectivity index (χ1n) is 7.95. The van der Waals surface area contributed by atoms with Gasteiger partial charge in [0.05, 0.1) is 0 Å². The molecule has 23 heavy (non-hydrogen) atoms. The van der Waals surface area contributed by atoms with Crippen molar-refractivity contribution in [3.63, 3.8) is 0 Å². The molecule has 3 rings (SSSR count). The molecule has 4 heteroatoms. The molecule has 1 aliphatic heterocycles. The Morgan fingerprint density at radius 2 is 1.83 bits per heavy atom. The summed E-state index contributed by atoms with van der Waals surface area (Å²) in [5.74, 6) is -0.179. The zero-order valence-electron chi connectivity index (χ0n) is 13.2. The van der Waals surface area contributed by atoms with Crippen molar-refractivity contribution < 1.29 is 9.59 Å². The number of amides is 2. The van der Waals surface area contributed by atoms with E-state index in [1.54, 1.807) is 4.90 Å². The molecule has 0 unspecified atom stereocenters. The van der Waals surface area contributed by atoms with E-state index in [2.05, 4.69) is 5.32 Å². The van der Waals surface area contributed by atoms with Crippen LogP contribution in [-0.4, -0.2) is 22.8 Å². The quantitative estimate of drug-likeness (QED) is 0.919. The van der Waals surface area contributed by atoms with Gasteiger partial charge < -0.3 is 10.2 Å². The number of hydrogen-bond donors (Lipinski definition) is 1. The maximum Gasteiger partial charge on any atom is 0.255 e. The highest BCUT2D eigenvalue weighted by molar-refractivity contribution is 6.03. The van der Waals surface area contributed by atoms with Crippen LogP contribution in [0.3, 0.4) is 0 Å². The Balaban J connectivity index is 1.80. The van der Waals surface area contributed by atoms with Crippen LogP contribution in [-0.2, 0) is 11.3 Å². The summed E-state index contributed by atoms with van der Waals surface area (Å²) in [7, 11) is 0. The number of anilines is 1. The van der Waals surface area contributed by atoms with Crippen molar-refractivity contribution >= 4 is 17.5 Å². The van der Waals surface area contributed by atoms with Gasteiger partial charge in [-0.05, 0) is 30.2 Å². The number of carbonyl (C=O) groups is 2. The molecule has 4 nitrogen and oxygen atoms in total. The van der Waals surface area contributed by atoms with E-state index in [4.69, 9.17) is 0 Å². The first kappa shape index (κ1) is 15.3. The second-order valence-corrected chi connectivity index (χ2v) is 5.75. The lowest BCUT2D eigenvalue weighted by Gasteiger charge is -2.26. The first-order chi connectivity index (χ1) is 11.2. The van der Waals surface area contributed by atoms with E-state index in [-0.39, 0.29) is 11.8 Å². The fourth-order valence-corrected chi connectivity index (χ4v) is 2.98. The monoisotopic (exact) mass is 308 g/mol. The maximum absolute atomic E-state index is 12.7. The Morgan fingerprint density at radius 3 is 2.52 bits per heavy atom. The van der Waals surface area contributed by atoms with Crippen LogP contribution in [0, 0.1) is 0 Å². The summed E-state index contributed by atoms with van der Waals surface area (Å²) in [4.78, 5) is 27.0. The maximum atomic E-state index is 12.7. The van der Waals surface area contributed by atoms with E-state index in [0.29, 0.717) is 18.5 Å². The number of rotatable bonds is 5. The average Bonchev–Trinajstić information content (AvgIpc) is 2.90. The lowest BCUT2D eigenvalue weighted by molar-refractivity contribution is -0.120. The molecule has 0 radical (unpaired) electrons. The van der Waals surface area contributed by atoms with Crippen molar-refractivity contribution in [1.29, 1.82) is 0 Å². The molecular formula is C19H20N2O2. The summed E-state index contributed by atoms with van der Waals surface area (Å²) in [6, 6.07) is 16.5. The minimum Gasteiger partial charge on any atom is -0.324 e. The summed E-state index contributed by atoms with van der Waals surface area (Å²) >= 11 is 0. The zero-order valence-corrected chi connectivity index (χ0v) is 13.2. The van der Waals surface area contributed by atoms with Crippen LogP contribution in [0.2, 0.25) is 0 Å². The predicted octanol–water partition coefficient (Wildman–Crippen LogP) is 3.45. The summed E-state index contributed by atoms with van der Waals surface area (Å²) in [5.41, 5.74) is 2.45. The van der Waals surface area contributed by atoms with Crippen molar-refractivity contribution in [2.75, 3.05) is 5.32 Å². The summed E-state index contributed by atoms with van der Waals surface area (Å²) in [5, 5.41) is 2.92. The van der Waals surface area contributed by atoms with Gasteiger partial charge in [-0.1, -0.05) is 49.7 Å². The molecule has 0 aliphatic carbocycles. The Kier molecular flexibility index (Phi) is 4.42. The van der Waals surface area contributed by atoms with Gasteiger partial charge in [0.15, 0.2) is 0 Å². The number of benzene rings is 2. The summed E-state index contributed by atoms with van der Waals surface area (Å²) in [6.07, 6.45) is 1.49. The van der Waals surface area contributed by atoms with Crippen molar-refractivity contribution in [2.24, 2.45) is 0 Å². The molecule has 1 aliphatic rings. The van der Waals surface area contributed by atoms with Crippen LogP contribution < -0.4 is 5.32 Å². The van der Waals surface area contributed by atoms with Crippen LogP contribution in [0.4, 0.5) is 5.69 Å². The van der Waals surface area contributed by atoms with Crippen molar-refractivity contribution in [3.8, 4) is 0 Å². The van der Waals surface area contributed by atoms with Crippen LogP contribution >= 0.6 is 0 Å². The number of nitrogens with zero attached hydrogens (tertiary/aromatic N) is 1. The van der Waals surface area contributed by atoms with Gasteiger partial charge in [-0.3, -0.25) is 9.59 Å². The molecule has 1 heterocycles. The van der Waals surface area contributed by atoms with E-state index in [9.17, 15) is 9.59 Å². The van der Waals surface area contributed by atoms with Gasteiger partial charge in [-0.2, -0.15) is 0 Å². The third-order valence-electron chi connectivity index (χ3n) is 4.13. The van der Waals surface area contributed by atoms with Gasteiger partial charge >= 0.3 is 0 Å². The van der Waals surface area contributed by atoms with E-state index in [0.717, 1.165) is 17.7 Å².